The first kappa shape index (κ1) is 14.7. The molecular formula is C11H16ClO4P. The molecule has 0 aliphatic carbocycles. The second kappa shape index (κ2) is 6.53. The quantitative estimate of drug-likeness (QED) is 0.807. The number of rotatable bonds is 6. The van der Waals surface area contributed by atoms with Gasteiger partial charge in [-0.1, -0.05) is 38.1 Å². The van der Waals surface area contributed by atoms with Gasteiger partial charge in [0.15, 0.2) is 0 Å². The van der Waals surface area contributed by atoms with E-state index in [4.69, 9.17) is 21.3 Å². The zero-order chi connectivity index (χ0) is 12.9. The van der Waals surface area contributed by atoms with Gasteiger partial charge in [-0.3, -0.25) is 4.52 Å². The molecule has 1 unspecified atom stereocenters. The molecule has 0 amide bonds. The maximum absolute atomic E-state index is 11.1. The fraction of sp³-hybridized carbons (Fsp3) is 0.455. The van der Waals surface area contributed by atoms with Gasteiger partial charge in [0.25, 0.3) is 0 Å². The molecule has 1 N–H and O–H groups in total. The Morgan fingerprint density at radius 2 is 1.94 bits per heavy atom. The fourth-order valence-electron chi connectivity index (χ4n) is 1.51. The highest BCUT2D eigenvalue weighted by Crippen LogP contribution is 2.45. The van der Waals surface area contributed by atoms with Gasteiger partial charge in [0.05, 0.1) is 18.5 Å². The Kier molecular flexibility index (Phi) is 5.63. The van der Waals surface area contributed by atoms with E-state index in [1.54, 1.807) is 0 Å². The first-order chi connectivity index (χ1) is 7.94. The second-order valence-electron chi connectivity index (χ2n) is 4.18. The number of benzene rings is 1. The van der Waals surface area contributed by atoms with Gasteiger partial charge in [-0.25, -0.2) is 4.57 Å². The summed E-state index contributed by atoms with van der Waals surface area (Å²) in [6.07, 6.45) is 0.886. The molecule has 4 nitrogen and oxygen atoms in total. The summed E-state index contributed by atoms with van der Waals surface area (Å²) in [5.74, 6) is 0.501. The van der Waals surface area contributed by atoms with Crippen LogP contribution in [0.15, 0.2) is 24.3 Å². The number of hydrogen-bond donors (Lipinski definition) is 1. The SMILES string of the molecule is CC(C)Cc1ccccc1COP(=O)(O)OCl. The molecule has 0 heterocycles. The van der Waals surface area contributed by atoms with Crippen molar-refractivity contribution in [3.05, 3.63) is 35.4 Å². The number of hydrogen-bond acceptors (Lipinski definition) is 3. The lowest BCUT2D eigenvalue weighted by Gasteiger charge is -2.12. The van der Waals surface area contributed by atoms with Crippen LogP contribution in [-0.4, -0.2) is 4.89 Å². The third kappa shape index (κ3) is 5.19. The van der Waals surface area contributed by atoms with Gasteiger partial charge < -0.3 is 4.89 Å². The van der Waals surface area contributed by atoms with Crippen molar-refractivity contribution >= 4 is 19.7 Å². The first-order valence-electron chi connectivity index (χ1n) is 5.29. The van der Waals surface area contributed by atoms with Gasteiger partial charge >= 0.3 is 7.82 Å². The van der Waals surface area contributed by atoms with Crippen molar-refractivity contribution in [3.8, 4) is 0 Å². The maximum atomic E-state index is 11.1. The molecule has 0 saturated carbocycles. The summed E-state index contributed by atoms with van der Waals surface area (Å²) in [7, 11) is -4.13. The highest BCUT2D eigenvalue weighted by Gasteiger charge is 2.20. The van der Waals surface area contributed by atoms with Crippen LogP contribution in [0.4, 0.5) is 0 Å². The Balaban J connectivity index is 2.73. The number of halogens is 1. The highest BCUT2D eigenvalue weighted by atomic mass is 35.5. The summed E-state index contributed by atoms with van der Waals surface area (Å²) in [4.78, 5) is 9.04. The second-order valence-corrected chi connectivity index (χ2v) is 5.93. The van der Waals surface area contributed by atoms with E-state index in [-0.39, 0.29) is 6.61 Å². The fourth-order valence-corrected chi connectivity index (χ4v) is 1.97. The molecule has 0 aromatic heterocycles. The van der Waals surface area contributed by atoms with E-state index in [0.29, 0.717) is 5.92 Å². The van der Waals surface area contributed by atoms with Crippen LogP contribution in [0.2, 0.25) is 0 Å². The highest BCUT2D eigenvalue weighted by molar-refractivity contribution is 7.48. The van der Waals surface area contributed by atoms with Gasteiger partial charge in [-0.15, -0.1) is 0 Å². The van der Waals surface area contributed by atoms with E-state index in [2.05, 4.69) is 17.9 Å². The first-order valence-corrected chi connectivity index (χ1v) is 7.09. The van der Waals surface area contributed by atoms with Crippen LogP contribution >= 0.6 is 19.7 Å². The van der Waals surface area contributed by atoms with E-state index < -0.39 is 7.82 Å². The van der Waals surface area contributed by atoms with Crippen molar-refractivity contribution < 1.29 is 18.1 Å². The molecule has 0 bridgehead atoms. The van der Waals surface area contributed by atoms with Crippen LogP contribution in [0.5, 0.6) is 0 Å². The standard InChI is InChI=1S/C11H16ClO4P/c1-9(2)7-10-5-3-4-6-11(10)8-15-17(13,14)16-12/h3-6,9H,7-8H2,1-2H3,(H,13,14). The van der Waals surface area contributed by atoms with Crippen LogP contribution in [0, 0.1) is 5.92 Å². The van der Waals surface area contributed by atoms with Crippen molar-refractivity contribution in [2.45, 2.75) is 26.9 Å². The number of phosphoric acid groups is 1. The van der Waals surface area contributed by atoms with E-state index >= 15 is 0 Å². The molecule has 0 radical (unpaired) electrons. The normalized spacial score (nSPS) is 14.9. The molecule has 0 fully saturated rings. The molecule has 1 rings (SSSR count). The zero-order valence-electron chi connectivity index (χ0n) is 9.80. The van der Waals surface area contributed by atoms with Gasteiger partial charge in [-0.2, -0.15) is 4.08 Å². The Labute approximate surface area is 106 Å². The van der Waals surface area contributed by atoms with Crippen molar-refractivity contribution in [1.82, 2.24) is 0 Å². The van der Waals surface area contributed by atoms with Crippen LogP contribution in [0.3, 0.4) is 0 Å². The van der Waals surface area contributed by atoms with E-state index in [9.17, 15) is 4.57 Å². The summed E-state index contributed by atoms with van der Waals surface area (Å²) in [5.41, 5.74) is 1.96. The van der Waals surface area contributed by atoms with Gasteiger partial charge in [0.1, 0.15) is 0 Å². The van der Waals surface area contributed by atoms with E-state index in [1.165, 1.54) is 0 Å². The lowest BCUT2D eigenvalue weighted by atomic mass is 9.98. The van der Waals surface area contributed by atoms with Crippen molar-refractivity contribution in [2.75, 3.05) is 0 Å². The Hall–Kier alpha value is -0.380. The molecule has 1 aromatic rings. The molecule has 1 aromatic carbocycles. The van der Waals surface area contributed by atoms with Crippen LogP contribution in [-0.2, 0) is 26.2 Å². The molecular weight excluding hydrogens is 263 g/mol. The third-order valence-corrected chi connectivity index (χ3v) is 3.37. The summed E-state index contributed by atoms with van der Waals surface area (Å²) >= 11 is 4.85. The van der Waals surface area contributed by atoms with E-state index in [0.717, 1.165) is 17.5 Å². The molecule has 6 heteroatoms. The average molecular weight is 279 g/mol. The van der Waals surface area contributed by atoms with Gasteiger partial charge in [-0.05, 0) is 23.5 Å². The minimum Gasteiger partial charge on any atom is -0.302 e. The Bertz CT molecular complexity index is 408. The van der Waals surface area contributed by atoms with Crippen LogP contribution < -0.4 is 0 Å². The average Bonchev–Trinajstić information content (AvgIpc) is 2.27. The zero-order valence-corrected chi connectivity index (χ0v) is 11.4. The molecule has 17 heavy (non-hydrogen) atoms. The minimum atomic E-state index is -4.13. The predicted octanol–water partition coefficient (Wildman–Crippen LogP) is 3.67. The lowest BCUT2D eigenvalue weighted by molar-refractivity contribution is 0.199. The Morgan fingerprint density at radius 3 is 2.47 bits per heavy atom. The lowest BCUT2D eigenvalue weighted by Crippen LogP contribution is -2.01. The molecule has 0 aliphatic rings. The van der Waals surface area contributed by atoms with Gasteiger partial charge in [0, 0.05) is 0 Å². The topological polar surface area (TPSA) is 55.8 Å². The summed E-state index contributed by atoms with van der Waals surface area (Å²) < 4.78 is 19.7. The predicted molar refractivity (Wildman–Crippen MR) is 66.5 cm³/mol. The third-order valence-electron chi connectivity index (χ3n) is 2.22. The minimum absolute atomic E-state index is 0.00336. The van der Waals surface area contributed by atoms with E-state index in [1.807, 2.05) is 24.3 Å². The molecule has 0 spiro atoms. The van der Waals surface area contributed by atoms with Crippen molar-refractivity contribution in [1.29, 1.82) is 0 Å². The van der Waals surface area contributed by atoms with Gasteiger partial charge in [0.2, 0.25) is 0 Å². The van der Waals surface area contributed by atoms with Crippen molar-refractivity contribution in [3.63, 3.8) is 0 Å². The van der Waals surface area contributed by atoms with Crippen LogP contribution in [0.1, 0.15) is 25.0 Å². The van der Waals surface area contributed by atoms with Crippen LogP contribution in [0.25, 0.3) is 0 Å². The largest absolute Gasteiger partial charge is 0.489 e. The Morgan fingerprint density at radius 1 is 1.35 bits per heavy atom. The monoisotopic (exact) mass is 278 g/mol. The molecule has 0 aliphatic heterocycles. The maximum Gasteiger partial charge on any atom is 0.489 e. The van der Waals surface area contributed by atoms with Crippen molar-refractivity contribution in [2.24, 2.45) is 5.92 Å². The summed E-state index contributed by atoms with van der Waals surface area (Å²) in [6.45, 7) is 4.22. The number of phosphoric ester groups is 1. The smallest absolute Gasteiger partial charge is 0.302 e. The molecule has 0 saturated heterocycles. The summed E-state index contributed by atoms with van der Waals surface area (Å²) in [5, 5.41) is 0. The molecule has 96 valence electrons. The molecule has 1 atom stereocenters. The summed E-state index contributed by atoms with van der Waals surface area (Å²) in [6, 6.07) is 7.61.